The smallest absolute Gasteiger partial charge is 0.251 e. The molecule has 2 aromatic rings. The molecule has 2 aliphatic rings. The third kappa shape index (κ3) is 4.94. The molecule has 2 N–H and O–H groups in total. The monoisotopic (exact) mass is 409 g/mol. The van der Waals surface area contributed by atoms with E-state index >= 15 is 0 Å². The molecule has 2 fully saturated rings. The van der Waals surface area contributed by atoms with Crippen LogP contribution in [0.4, 0.5) is 11.6 Å². The third-order valence-corrected chi connectivity index (χ3v) is 5.58. The van der Waals surface area contributed by atoms with Gasteiger partial charge in [-0.05, 0) is 49.6 Å². The number of rotatable bonds is 5. The molecule has 0 spiro atoms. The van der Waals surface area contributed by atoms with Crippen LogP contribution in [0.2, 0.25) is 0 Å². The minimum Gasteiger partial charge on any atom is -0.381 e. The molecule has 1 unspecified atom stereocenters. The van der Waals surface area contributed by atoms with E-state index in [1.807, 2.05) is 12.3 Å². The zero-order valence-electron chi connectivity index (χ0n) is 17.1. The quantitative estimate of drug-likeness (QED) is 0.787. The Balaban J connectivity index is 1.34. The molecule has 0 saturated carbocycles. The van der Waals surface area contributed by atoms with Crippen molar-refractivity contribution >= 4 is 23.5 Å². The van der Waals surface area contributed by atoms with Gasteiger partial charge in [0, 0.05) is 68.3 Å². The molecule has 0 aliphatic carbocycles. The summed E-state index contributed by atoms with van der Waals surface area (Å²) in [6, 6.07) is 8.93. The van der Waals surface area contributed by atoms with Gasteiger partial charge in [-0.15, -0.1) is 0 Å². The highest BCUT2D eigenvalue weighted by atomic mass is 16.5. The number of carbonyl (C=O) groups is 2. The Morgan fingerprint density at radius 1 is 1.10 bits per heavy atom. The Labute approximate surface area is 176 Å². The van der Waals surface area contributed by atoms with E-state index < -0.39 is 0 Å². The van der Waals surface area contributed by atoms with Crippen LogP contribution in [-0.4, -0.2) is 54.1 Å². The molecule has 4 rings (SSSR count). The lowest BCUT2D eigenvalue weighted by atomic mass is 9.96. The first-order valence-corrected chi connectivity index (χ1v) is 10.4. The molecular formula is C22H27N5O3. The maximum Gasteiger partial charge on any atom is 0.251 e. The van der Waals surface area contributed by atoms with Gasteiger partial charge in [-0.2, -0.15) is 0 Å². The number of anilines is 2. The van der Waals surface area contributed by atoms with Crippen LogP contribution in [0.3, 0.4) is 0 Å². The average molecular weight is 409 g/mol. The maximum atomic E-state index is 12.6. The fraction of sp³-hybridized carbons (Fsp3) is 0.455. The minimum absolute atomic E-state index is 0.0443. The first-order valence-electron chi connectivity index (χ1n) is 10.4. The summed E-state index contributed by atoms with van der Waals surface area (Å²) in [5, 5.41) is 5.79. The Morgan fingerprint density at radius 2 is 1.87 bits per heavy atom. The predicted molar refractivity (Wildman–Crippen MR) is 114 cm³/mol. The van der Waals surface area contributed by atoms with Crippen LogP contribution in [0.15, 0.2) is 36.5 Å². The van der Waals surface area contributed by atoms with Gasteiger partial charge in [-0.1, -0.05) is 0 Å². The SMILES string of the molecule is CC(=O)Nc1ccc(C(=O)NC2CCN(c3nccc(C4CCOCC4)n3)C2)cc1. The molecule has 158 valence electrons. The van der Waals surface area contributed by atoms with Crippen molar-refractivity contribution in [3.63, 3.8) is 0 Å². The normalized spacial score (nSPS) is 19.5. The summed E-state index contributed by atoms with van der Waals surface area (Å²) in [6.07, 6.45) is 4.67. The Bertz CT molecular complexity index is 896. The van der Waals surface area contributed by atoms with E-state index in [2.05, 4.69) is 20.5 Å². The number of aromatic nitrogens is 2. The summed E-state index contributed by atoms with van der Waals surface area (Å²) in [7, 11) is 0. The van der Waals surface area contributed by atoms with E-state index in [1.54, 1.807) is 24.3 Å². The molecule has 30 heavy (non-hydrogen) atoms. The van der Waals surface area contributed by atoms with Crippen LogP contribution in [0.25, 0.3) is 0 Å². The van der Waals surface area contributed by atoms with E-state index in [0.29, 0.717) is 23.7 Å². The Kier molecular flexibility index (Phi) is 6.23. The molecule has 0 bridgehead atoms. The number of carbonyl (C=O) groups excluding carboxylic acids is 2. The second-order valence-electron chi connectivity index (χ2n) is 7.83. The molecule has 3 heterocycles. The van der Waals surface area contributed by atoms with Gasteiger partial charge in [-0.3, -0.25) is 9.59 Å². The van der Waals surface area contributed by atoms with E-state index in [0.717, 1.165) is 50.7 Å². The molecule has 1 atom stereocenters. The van der Waals surface area contributed by atoms with Crippen molar-refractivity contribution in [1.82, 2.24) is 15.3 Å². The summed E-state index contributed by atoms with van der Waals surface area (Å²) in [4.78, 5) is 35.1. The fourth-order valence-corrected chi connectivity index (χ4v) is 3.97. The summed E-state index contributed by atoms with van der Waals surface area (Å²) < 4.78 is 5.45. The Morgan fingerprint density at radius 3 is 2.60 bits per heavy atom. The lowest BCUT2D eigenvalue weighted by molar-refractivity contribution is -0.114. The maximum absolute atomic E-state index is 12.6. The first kappa shape index (κ1) is 20.3. The highest BCUT2D eigenvalue weighted by Crippen LogP contribution is 2.27. The van der Waals surface area contributed by atoms with Crippen molar-refractivity contribution < 1.29 is 14.3 Å². The van der Waals surface area contributed by atoms with Crippen molar-refractivity contribution in [1.29, 1.82) is 0 Å². The van der Waals surface area contributed by atoms with Crippen LogP contribution in [0.1, 0.15) is 48.2 Å². The van der Waals surface area contributed by atoms with Gasteiger partial charge < -0.3 is 20.3 Å². The molecule has 2 saturated heterocycles. The second-order valence-corrected chi connectivity index (χ2v) is 7.83. The van der Waals surface area contributed by atoms with Crippen LogP contribution in [0, 0.1) is 0 Å². The number of nitrogens with one attached hydrogen (secondary N) is 2. The van der Waals surface area contributed by atoms with Crippen LogP contribution >= 0.6 is 0 Å². The van der Waals surface area contributed by atoms with Crippen LogP contribution < -0.4 is 15.5 Å². The second kappa shape index (κ2) is 9.21. The standard InChI is InChI=1S/C22H27N5O3/c1-15(28)24-18-4-2-17(3-5-18)21(29)25-19-7-11-27(14-19)22-23-10-6-20(26-22)16-8-12-30-13-9-16/h2-6,10,16,19H,7-9,11-14H2,1H3,(H,24,28)(H,25,29). The summed E-state index contributed by atoms with van der Waals surface area (Å²) in [6.45, 7) is 4.52. The number of nitrogens with zero attached hydrogens (tertiary/aromatic N) is 3. The summed E-state index contributed by atoms with van der Waals surface area (Å²) in [5.41, 5.74) is 2.32. The highest BCUT2D eigenvalue weighted by molar-refractivity contribution is 5.95. The number of ether oxygens (including phenoxy) is 1. The molecule has 2 amide bonds. The highest BCUT2D eigenvalue weighted by Gasteiger charge is 2.27. The topological polar surface area (TPSA) is 96.5 Å². The van der Waals surface area contributed by atoms with Crippen LogP contribution in [-0.2, 0) is 9.53 Å². The zero-order valence-corrected chi connectivity index (χ0v) is 17.1. The van der Waals surface area contributed by atoms with Crippen molar-refractivity contribution in [3.8, 4) is 0 Å². The summed E-state index contributed by atoms with van der Waals surface area (Å²) >= 11 is 0. The predicted octanol–water partition coefficient (Wildman–Crippen LogP) is 2.34. The molecular weight excluding hydrogens is 382 g/mol. The van der Waals surface area contributed by atoms with Gasteiger partial charge in [0.25, 0.3) is 5.91 Å². The van der Waals surface area contributed by atoms with Crippen molar-refractivity contribution in [2.24, 2.45) is 0 Å². The first-order chi connectivity index (χ1) is 14.6. The van der Waals surface area contributed by atoms with Gasteiger partial charge in [0.2, 0.25) is 11.9 Å². The van der Waals surface area contributed by atoms with E-state index in [-0.39, 0.29) is 17.9 Å². The fourth-order valence-electron chi connectivity index (χ4n) is 3.97. The van der Waals surface area contributed by atoms with Gasteiger partial charge in [0.05, 0.1) is 0 Å². The third-order valence-electron chi connectivity index (χ3n) is 5.58. The van der Waals surface area contributed by atoms with Gasteiger partial charge in [0.15, 0.2) is 0 Å². The van der Waals surface area contributed by atoms with Gasteiger partial charge >= 0.3 is 0 Å². The van der Waals surface area contributed by atoms with Gasteiger partial charge in [-0.25, -0.2) is 9.97 Å². The minimum atomic E-state index is -0.138. The van der Waals surface area contributed by atoms with E-state index in [4.69, 9.17) is 9.72 Å². The Hall–Kier alpha value is -3.00. The molecule has 8 nitrogen and oxygen atoms in total. The number of amides is 2. The van der Waals surface area contributed by atoms with Crippen molar-refractivity contribution in [3.05, 3.63) is 47.8 Å². The molecule has 1 aromatic carbocycles. The number of hydrogen-bond acceptors (Lipinski definition) is 6. The van der Waals surface area contributed by atoms with Crippen LogP contribution in [0.5, 0.6) is 0 Å². The molecule has 1 aromatic heterocycles. The lowest BCUT2D eigenvalue weighted by Crippen LogP contribution is -2.37. The molecule has 2 aliphatic heterocycles. The lowest BCUT2D eigenvalue weighted by Gasteiger charge is -2.23. The van der Waals surface area contributed by atoms with E-state index in [9.17, 15) is 9.59 Å². The largest absolute Gasteiger partial charge is 0.381 e. The molecule has 8 heteroatoms. The average Bonchev–Trinajstić information content (AvgIpc) is 3.23. The van der Waals surface area contributed by atoms with Gasteiger partial charge in [0.1, 0.15) is 0 Å². The number of benzene rings is 1. The number of hydrogen-bond donors (Lipinski definition) is 2. The summed E-state index contributed by atoms with van der Waals surface area (Å²) in [5.74, 6) is 0.906. The molecule has 0 radical (unpaired) electrons. The van der Waals surface area contributed by atoms with Crippen molar-refractivity contribution in [2.75, 3.05) is 36.5 Å². The van der Waals surface area contributed by atoms with Crippen molar-refractivity contribution in [2.45, 2.75) is 38.1 Å². The zero-order chi connectivity index (χ0) is 20.9. The van der Waals surface area contributed by atoms with E-state index in [1.165, 1.54) is 6.92 Å².